The Balaban J connectivity index is 2.34. The molecule has 60 valence electrons. The van der Waals surface area contributed by atoms with Gasteiger partial charge in [0.1, 0.15) is 0 Å². The highest BCUT2D eigenvalue weighted by Crippen LogP contribution is 2.32. The number of halogens is 2. The normalized spacial score (nSPS) is 34.2. The summed E-state index contributed by atoms with van der Waals surface area (Å²) in [5.41, 5.74) is 0. The molecule has 0 unspecified atom stereocenters. The zero-order valence-electron chi connectivity index (χ0n) is 5.56. The van der Waals surface area contributed by atoms with Crippen molar-refractivity contribution < 1.29 is 0 Å². The Morgan fingerprint density at radius 1 is 1.00 bits per heavy atom. The topological polar surface area (TPSA) is 0 Å². The molecule has 10 heavy (non-hydrogen) atoms. The van der Waals surface area contributed by atoms with Crippen molar-refractivity contribution in [3.05, 3.63) is 0 Å². The summed E-state index contributed by atoms with van der Waals surface area (Å²) >= 11 is 15.4. The maximum absolute atomic E-state index is 5.76. The molecule has 1 aliphatic rings. The van der Waals surface area contributed by atoms with Crippen molar-refractivity contribution in [2.45, 2.75) is 10.5 Å². The molecule has 0 aliphatic carbocycles. The molecule has 2 atom stereocenters. The Labute approximate surface area is 80.4 Å². The SMILES string of the molecule is ClC[C@@H]1SCCS[C@H]1CCl. The number of hydrogen-bond acceptors (Lipinski definition) is 2. The predicted molar refractivity (Wildman–Crippen MR) is 53.9 cm³/mol. The summed E-state index contributed by atoms with van der Waals surface area (Å²) in [6.07, 6.45) is 0. The van der Waals surface area contributed by atoms with Crippen LogP contribution in [0.2, 0.25) is 0 Å². The smallest absolute Gasteiger partial charge is 0.0353 e. The second-order valence-electron chi connectivity index (χ2n) is 2.13. The van der Waals surface area contributed by atoms with Crippen molar-refractivity contribution in [1.82, 2.24) is 0 Å². The molecule has 0 nitrogen and oxygen atoms in total. The van der Waals surface area contributed by atoms with E-state index in [0.717, 1.165) is 11.8 Å². The average Bonchev–Trinajstić information content (AvgIpc) is 2.04. The molecular formula is C6H10Cl2S2. The van der Waals surface area contributed by atoms with E-state index in [1.165, 1.54) is 11.5 Å². The summed E-state index contributed by atoms with van der Waals surface area (Å²) in [6.45, 7) is 0. The standard InChI is InChI=1S/C6H10Cl2S2/c7-3-5-6(4-8)10-2-1-9-5/h5-6H,1-4H2/t5-,6-/m0/s1. The summed E-state index contributed by atoms with van der Waals surface area (Å²) in [6, 6.07) is 0. The van der Waals surface area contributed by atoms with E-state index in [-0.39, 0.29) is 0 Å². The first-order valence-electron chi connectivity index (χ1n) is 3.23. The Morgan fingerprint density at radius 2 is 1.40 bits per heavy atom. The van der Waals surface area contributed by atoms with E-state index < -0.39 is 0 Å². The quantitative estimate of drug-likeness (QED) is 0.652. The Bertz CT molecular complexity index is 87.7. The maximum Gasteiger partial charge on any atom is 0.0353 e. The van der Waals surface area contributed by atoms with Crippen LogP contribution in [-0.4, -0.2) is 33.8 Å². The van der Waals surface area contributed by atoms with Gasteiger partial charge < -0.3 is 0 Å². The molecule has 0 spiro atoms. The fraction of sp³-hybridized carbons (Fsp3) is 1.00. The molecule has 0 aromatic heterocycles. The molecule has 1 saturated heterocycles. The molecule has 4 heteroatoms. The fourth-order valence-electron chi connectivity index (χ4n) is 0.901. The summed E-state index contributed by atoms with van der Waals surface area (Å²) < 4.78 is 0. The van der Waals surface area contributed by atoms with Gasteiger partial charge in [-0.25, -0.2) is 0 Å². The van der Waals surface area contributed by atoms with E-state index in [4.69, 9.17) is 23.2 Å². The van der Waals surface area contributed by atoms with Crippen LogP contribution in [0.4, 0.5) is 0 Å². The van der Waals surface area contributed by atoms with Crippen LogP contribution in [0.1, 0.15) is 0 Å². The van der Waals surface area contributed by atoms with Crippen molar-refractivity contribution in [1.29, 1.82) is 0 Å². The Hall–Kier alpha value is 1.28. The van der Waals surface area contributed by atoms with Gasteiger partial charge in [-0.2, -0.15) is 23.5 Å². The van der Waals surface area contributed by atoms with Gasteiger partial charge in [0.2, 0.25) is 0 Å². The molecule has 0 amide bonds. The number of hydrogen-bond donors (Lipinski definition) is 0. The van der Waals surface area contributed by atoms with Gasteiger partial charge in [-0.3, -0.25) is 0 Å². The molecule has 0 radical (unpaired) electrons. The third-order valence-electron chi connectivity index (χ3n) is 1.47. The third kappa shape index (κ3) is 2.40. The zero-order valence-corrected chi connectivity index (χ0v) is 8.70. The van der Waals surface area contributed by atoms with Crippen LogP contribution in [0.15, 0.2) is 0 Å². The van der Waals surface area contributed by atoms with Gasteiger partial charge in [-0.15, -0.1) is 23.2 Å². The van der Waals surface area contributed by atoms with Crippen LogP contribution in [0.3, 0.4) is 0 Å². The molecule has 0 aromatic carbocycles. The molecule has 0 bridgehead atoms. The Kier molecular flexibility index (Phi) is 4.70. The van der Waals surface area contributed by atoms with Crippen molar-refractivity contribution in [3.8, 4) is 0 Å². The first kappa shape index (κ1) is 9.37. The van der Waals surface area contributed by atoms with Crippen LogP contribution < -0.4 is 0 Å². The Morgan fingerprint density at radius 3 is 1.70 bits per heavy atom. The molecule has 1 aliphatic heterocycles. The monoisotopic (exact) mass is 216 g/mol. The predicted octanol–water partition coefficient (Wildman–Crippen LogP) is 2.68. The molecule has 0 aromatic rings. The third-order valence-corrected chi connectivity index (χ3v) is 5.65. The summed E-state index contributed by atoms with van der Waals surface area (Å²) in [5.74, 6) is 3.95. The van der Waals surface area contributed by atoms with Gasteiger partial charge in [0.15, 0.2) is 0 Å². The van der Waals surface area contributed by atoms with Crippen molar-refractivity contribution >= 4 is 46.7 Å². The second kappa shape index (κ2) is 5.02. The van der Waals surface area contributed by atoms with Gasteiger partial charge in [-0.05, 0) is 0 Å². The highest BCUT2D eigenvalue weighted by Gasteiger charge is 2.24. The van der Waals surface area contributed by atoms with E-state index in [1.807, 2.05) is 23.5 Å². The summed E-state index contributed by atoms with van der Waals surface area (Å²) in [4.78, 5) is 0. The molecular weight excluding hydrogens is 207 g/mol. The number of rotatable bonds is 2. The van der Waals surface area contributed by atoms with Crippen molar-refractivity contribution in [3.63, 3.8) is 0 Å². The highest BCUT2D eigenvalue weighted by molar-refractivity contribution is 8.07. The molecule has 0 saturated carbocycles. The van der Waals surface area contributed by atoms with E-state index in [2.05, 4.69) is 0 Å². The van der Waals surface area contributed by atoms with E-state index in [1.54, 1.807) is 0 Å². The van der Waals surface area contributed by atoms with Crippen LogP contribution in [0.5, 0.6) is 0 Å². The van der Waals surface area contributed by atoms with E-state index >= 15 is 0 Å². The van der Waals surface area contributed by atoms with Gasteiger partial charge in [0.25, 0.3) is 0 Å². The minimum Gasteiger partial charge on any atom is -0.155 e. The average molecular weight is 217 g/mol. The van der Waals surface area contributed by atoms with Gasteiger partial charge in [0.05, 0.1) is 0 Å². The van der Waals surface area contributed by atoms with Crippen LogP contribution >= 0.6 is 46.7 Å². The molecule has 1 fully saturated rings. The lowest BCUT2D eigenvalue weighted by atomic mass is 10.3. The lowest BCUT2D eigenvalue weighted by molar-refractivity contribution is 0.931. The number of thioether (sulfide) groups is 2. The lowest BCUT2D eigenvalue weighted by Gasteiger charge is -2.27. The van der Waals surface area contributed by atoms with Crippen molar-refractivity contribution in [2.75, 3.05) is 23.3 Å². The van der Waals surface area contributed by atoms with Gasteiger partial charge >= 0.3 is 0 Å². The minimum atomic E-state index is 0.581. The molecule has 1 heterocycles. The highest BCUT2D eigenvalue weighted by atomic mass is 35.5. The summed E-state index contributed by atoms with van der Waals surface area (Å²) in [5, 5.41) is 1.16. The lowest BCUT2D eigenvalue weighted by Crippen LogP contribution is -2.28. The number of alkyl halides is 2. The zero-order chi connectivity index (χ0) is 7.40. The first-order valence-corrected chi connectivity index (χ1v) is 6.40. The fourth-order valence-corrected chi connectivity index (χ4v) is 4.72. The van der Waals surface area contributed by atoms with Crippen LogP contribution in [0, 0.1) is 0 Å². The maximum atomic E-state index is 5.76. The van der Waals surface area contributed by atoms with E-state index in [0.29, 0.717) is 10.5 Å². The van der Waals surface area contributed by atoms with E-state index in [9.17, 15) is 0 Å². The molecule has 0 N–H and O–H groups in total. The van der Waals surface area contributed by atoms with Gasteiger partial charge in [-0.1, -0.05) is 0 Å². The minimum absolute atomic E-state index is 0.581. The van der Waals surface area contributed by atoms with Gasteiger partial charge in [0, 0.05) is 33.8 Å². The summed E-state index contributed by atoms with van der Waals surface area (Å²) in [7, 11) is 0. The second-order valence-corrected chi connectivity index (χ2v) is 5.44. The van der Waals surface area contributed by atoms with Crippen LogP contribution in [0.25, 0.3) is 0 Å². The largest absolute Gasteiger partial charge is 0.155 e. The van der Waals surface area contributed by atoms with Crippen LogP contribution in [-0.2, 0) is 0 Å². The first-order chi connectivity index (χ1) is 4.88. The van der Waals surface area contributed by atoms with Crippen molar-refractivity contribution in [2.24, 2.45) is 0 Å². The molecule has 1 rings (SSSR count).